The minimum atomic E-state index is -0.420. The Morgan fingerprint density at radius 1 is 1.23 bits per heavy atom. The fraction of sp³-hybridized carbons (Fsp3) is 0.238. The molecule has 26 heavy (non-hydrogen) atoms. The number of carbonyl (C=O) groups is 1. The van der Waals surface area contributed by atoms with Gasteiger partial charge in [-0.25, -0.2) is 0 Å². The Balaban J connectivity index is 2.19. The number of benzene rings is 2. The van der Waals surface area contributed by atoms with Crippen LogP contribution in [0.25, 0.3) is 6.08 Å². The SMILES string of the molecule is CCOc1ccc(/C=C(\C#N)C(=O)NC(C)c2ccccc2)cc1OC. The molecule has 2 aromatic rings. The van der Waals surface area contributed by atoms with Crippen molar-refractivity contribution in [3.8, 4) is 17.6 Å². The van der Waals surface area contributed by atoms with Crippen LogP contribution in [0.15, 0.2) is 54.1 Å². The Morgan fingerprint density at radius 3 is 2.58 bits per heavy atom. The number of nitrogens with zero attached hydrogens (tertiary/aromatic N) is 1. The Hall–Kier alpha value is -3.26. The first-order chi connectivity index (χ1) is 12.6. The quantitative estimate of drug-likeness (QED) is 0.608. The maximum Gasteiger partial charge on any atom is 0.262 e. The number of nitriles is 1. The van der Waals surface area contributed by atoms with Crippen molar-refractivity contribution in [2.24, 2.45) is 0 Å². The monoisotopic (exact) mass is 350 g/mol. The van der Waals surface area contributed by atoms with Gasteiger partial charge in [-0.2, -0.15) is 5.26 Å². The summed E-state index contributed by atoms with van der Waals surface area (Å²) < 4.78 is 10.8. The van der Waals surface area contributed by atoms with Crippen molar-refractivity contribution in [1.29, 1.82) is 5.26 Å². The molecule has 0 aliphatic rings. The molecule has 1 N–H and O–H groups in total. The lowest BCUT2D eigenvalue weighted by atomic mass is 10.1. The molecule has 134 valence electrons. The van der Waals surface area contributed by atoms with E-state index in [9.17, 15) is 10.1 Å². The molecule has 0 aliphatic carbocycles. The van der Waals surface area contributed by atoms with Crippen molar-refractivity contribution >= 4 is 12.0 Å². The molecule has 0 aliphatic heterocycles. The van der Waals surface area contributed by atoms with E-state index in [1.165, 1.54) is 6.08 Å². The molecule has 2 rings (SSSR count). The first kappa shape index (κ1) is 19.1. The highest BCUT2D eigenvalue weighted by molar-refractivity contribution is 6.01. The molecule has 0 heterocycles. The number of ether oxygens (including phenoxy) is 2. The molecule has 5 heteroatoms. The van der Waals surface area contributed by atoms with E-state index in [0.29, 0.717) is 23.7 Å². The molecule has 0 saturated carbocycles. The Kier molecular flexibility index (Phi) is 6.81. The van der Waals surface area contributed by atoms with Crippen LogP contribution in [0, 0.1) is 11.3 Å². The number of carbonyl (C=O) groups excluding carboxylic acids is 1. The topological polar surface area (TPSA) is 71.3 Å². The van der Waals surface area contributed by atoms with Crippen LogP contribution in [0.2, 0.25) is 0 Å². The largest absolute Gasteiger partial charge is 0.493 e. The molecule has 1 amide bonds. The third-order valence-electron chi connectivity index (χ3n) is 3.81. The van der Waals surface area contributed by atoms with Gasteiger partial charge >= 0.3 is 0 Å². The summed E-state index contributed by atoms with van der Waals surface area (Å²) in [5, 5.41) is 12.2. The van der Waals surface area contributed by atoms with Crippen LogP contribution < -0.4 is 14.8 Å². The molecule has 1 atom stereocenters. The highest BCUT2D eigenvalue weighted by Gasteiger charge is 2.14. The van der Waals surface area contributed by atoms with Gasteiger partial charge in [0.05, 0.1) is 19.8 Å². The third kappa shape index (κ3) is 4.87. The standard InChI is InChI=1S/C21H22N2O3/c1-4-26-19-11-10-16(13-20(19)25-3)12-18(14-22)21(24)23-15(2)17-8-6-5-7-9-17/h5-13,15H,4H2,1-3H3,(H,23,24)/b18-12+. The van der Waals surface area contributed by atoms with E-state index >= 15 is 0 Å². The summed E-state index contributed by atoms with van der Waals surface area (Å²) >= 11 is 0. The lowest BCUT2D eigenvalue weighted by Gasteiger charge is -2.14. The van der Waals surface area contributed by atoms with Gasteiger partial charge in [0, 0.05) is 0 Å². The van der Waals surface area contributed by atoms with Crippen molar-refractivity contribution in [3.63, 3.8) is 0 Å². The molecular formula is C21H22N2O3. The zero-order valence-corrected chi connectivity index (χ0v) is 15.2. The van der Waals surface area contributed by atoms with E-state index in [1.54, 1.807) is 25.3 Å². The predicted molar refractivity (Wildman–Crippen MR) is 101 cm³/mol. The van der Waals surface area contributed by atoms with Gasteiger partial charge in [0.15, 0.2) is 11.5 Å². The Labute approximate surface area is 153 Å². The smallest absolute Gasteiger partial charge is 0.262 e. The van der Waals surface area contributed by atoms with Crippen LogP contribution in [0.4, 0.5) is 0 Å². The maximum absolute atomic E-state index is 12.4. The minimum Gasteiger partial charge on any atom is -0.493 e. The van der Waals surface area contributed by atoms with E-state index in [0.717, 1.165) is 5.56 Å². The number of hydrogen-bond acceptors (Lipinski definition) is 4. The molecule has 0 saturated heterocycles. The molecule has 5 nitrogen and oxygen atoms in total. The fourth-order valence-electron chi connectivity index (χ4n) is 2.46. The summed E-state index contributed by atoms with van der Waals surface area (Å²) in [6, 6.07) is 16.6. The highest BCUT2D eigenvalue weighted by Crippen LogP contribution is 2.29. The molecular weight excluding hydrogens is 328 g/mol. The summed E-state index contributed by atoms with van der Waals surface area (Å²) in [4.78, 5) is 12.4. The number of methoxy groups -OCH3 is 1. The summed E-state index contributed by atoms with van der Waals surface area (Å²) in [5.41, 5.74) is 1.68. The average molecular weight is 350 g/mol. The molecule has 0 spiro atoms. The maximum atomic E-state index is 12.4. The zero-order valence-electron chi connectivity index (χ0n) is 15.2. The van der Waals surface area contributed by atoms with E-state index in [1.807, 2.05) is 50.2 Å². The van der Waals surface area contributed by atoms with Gasteiger partial charge < -0.3 is 14.8 Å². The number of nitrogens with one attached hydrogen (secondary N) is 1. The number of hydrogen-bond donors (Lipinski definition) is 1. The van der Waals surface area contributed by atoms with Gasteiger partial charge in [-0.15, -0.1) is 0 Å². The Bertz CT molecular complexity index is 823. The summed E-state index contributed by atoms with van der Waals surface area (Å²) in [7, 11) is 1.55. The Morgan fingerprint density at radius 2 is 1.96 bits per heavy atom. The predicted octanol–water partition coefficient (Wildman–Crippen LogP) is 3.88. The summed E-state index contributed by atoms with van der Waals surface area (Å²) in [6.07, 6.45) is 1.53. The van der Waals surface area contributed by atoms with Crippen LogP contribution in [0.5, 0.6) is 11.5 Å². The highest BCUT2D eigenvalue weighted by atomic mass is 16.5. The lowest BCUT2D eigenvalue weighted by molar-refractivity contribution is -0.117. The summed E-state index contributed by atoms with van der Waals surface area (Å²) in [6.45, 7) is 4.29. The molecule has 0 bridgehead atoms. The van der Waals surface area contributed by atoms with Crippen molar-refractivity contribution in [2.75, 3.05) is 13.7 Å². The van der Waals surface area contributed by atoms with E-state index in [-0.39, 0.29) is 11.6 Å². The van der Waals surface area contributed by atoms with Crippen molar-refractivity contribution in [1.82, 2.24) is 5.32 Å². The van der Waals surface area contributed by atoms with Gasteiger partial charge in [-0.1, -0.05) is 36.4 Å². The second kappa shape index (κ2) is 9.28. The minimum absolute atomic E-state index is 0.0268. The normalized spacial score (nSPS) is 12.0. The van der Waals surface area contributed by atoms with Crippen LogP contribution >= 0.6 is 0 Å². The zero-order chi connectivity index (χ0) is 18.9. The molecule has 0 aromatic heterocycles. The van der Waals surface area contributed by atoms with Gasteiger partial charge in [0.2, 0.25) is 0 Å². The van der Waals surface area contributed by atoms with Crippen molar-refractivity contribution < 1.29 is 14.3 Å². The first-order valence-electron chi connectivity index (χ1n) is 8.37. The van der Waals surface area contributed by atoms with E-state index < -0.39 is 5.91 Å². The average Bonchev–Trinajstić information content (AvgIpc) is 2.67. The van der Waals surface area contributed by atoms with E-state index in [4.69, 9.17) is 9.47 Å². The van der Waals surface area contributed by atoms with Gasteiger partial charge in [0.1, 0.15) is 11.6 Å². The van der Waals surface area contributed by atoms with Crippen LogP contribution in [0.1, 0.15) is 31.0 Å². The molecule has 0 radical (unpaired) electrons. The van der Waals surface area contributed by atoms with Gasteiger partial charge in [-0.05, 0) is 43.2 Å². The summed E-state index contributed by atoms with van der Waals surface area (Å²) in [5.74, 6) is 0.750. The van der Waals surface area contributed by atoms with Crippen LogP contribution in [0.3, 0.4) is 0 Å². The van der Waals surface area contributed by atoms with Gasteiger partial charge in [0.25, 0.3) is 5.91 Å². The van der Waals surface area contributed by atoms with Crippen LogP contribution in [-0.2, 0) is 4.79 Å². The second-order valence-electron chi connectivity index (χ2n) is 5.62. The number of amides is 1. The number of rotatable bonds is 7. The fourth-order valence-corrected chi connectivity index (χ4v) is 2.46. The molecule has 1 unspecified atom stereocenters. The van der Waals surface area contributed by atoms with E-state index in [2.05, 4.69) is 5.32 Å². The van der Waals surface area contributed by atoms with Gasteiger partial charge in [-0.3, -0.25) is 4.79 Å². The van der Waals surface area contributed by atoms with Crippen LogP contribution in [-0.4, -0.2) is 19.6 Å². The van der Waals surface area contributed by atoms with Crippen molar-refractivity contribution in [2.45, 2.75) is 19.9 Å². The molecule has 2 aromatic carbocycles. The third-order valence-corrected chi connectivity index (χ3v) is 3.81. The first-order valence-corrected chi connectivity index (χ1v) is 8.37. The molecule has 0 fully saturated rings. The second-order valence-corrected chi connectivity index (χ2v) is 5.62. The van der Waals surface area contributed by atoms with Crippen molar-refractivity contribution in [3.05, 3.63) is 65.2 Å². The lowest BCUT2D eigenvalue weighted by Crippen LogP contribution is -2.27.